The van der Waals surface area contributed by atoms with Crippen LogP contribution < -0.4 is 4.90 Å². The fourth-order valence-electron chi connectivity index (χ4n) is 6.13. The molecule has 0 N–H and O–H groups in total. The molecule has 2 fully saturated rings. The first-order chi connectivity index (χ1) is 16.5. The number of hydrogen-bond donors (Lipinski definition) is 0. The summed E-state index contributed by atoms with van der Waals surface area (Å²) in [6.45, 7) is 8.42. The lowest BCUT2D eigenvalue weighted by molar-refractivity contribution is -0.134. The van der Waals surface area contributed by atoms with E-state index >= 15 is 0 Å². The van der Waals surface area contributed by atoms with E-state index in [2.05, 4.69) is 69.8 Å². The van der Waals surface area contributed by atoms with Gasteiger partial charge in [-0.2, -0.15) is 0 Å². The molecule has 7 nitrogen and oxygen atoms in total. The Balaban J connectivity index is 1.33. The van der Waals surface area contributed by atoms with Gasteiger partial charge in [0, 0.05) is 44.9 Å². The number of amides is 1. The molecule has 7 heteroatoms. The van der Waals surface area contributed by atoms with Gasteiger partial charge in [-0.25, -0.2) is 9.97 Å². The molecule has 2 aliphatic heterocycles. The van der Waals surface area contributed by atoms with E-state index in [1.54, 1.807) is 13.4 Å². The molecule has 0 unspecified atom stereocenters. The number of benzene rings is 1. The molecule has 0 spiro atoms. The number of methoxy groups -OCH3 is 1. The highest BCUT2D eigenvalue weighted by Gasteiger charge is 2.39. The summed E-state index contributed by atoms with van der Waals surface area (Å²) in [7, 11) is 3.92. The number of likely N-dealkylation sites (N-methyl/N-ethyl adjacent to an activating group) is 1. The van der Waals surface area contributed by atoms with Crippen molar-refractivity contribution in [3.05, 3.63) is 53.0 Å². The quantitative estimate of drug-likeness (QED) is 0.676. The predicted molar refractivity (Wildman–Crippen MR) is 133 cm³/mol. The Morgan fingerprint density at radius 1 is 1.09 bits per heavy atom. The van der Waals surface area contributed by atoms with Crippen LogP contribution in [0, 0.1) is 6.92 Å². The van der Waals surface area contributed by atoms with Crippen LogP contribution >= 0.6 is 0 Å². The topological polar surface area (TPSA) is 61.8 Å². The maximum atomic E-state index is 13.9. The van der Waals surface area contributed by atoms with E-state index in [9.17, 15) is 4.79 Å². The molecule has 4 atom stereocenters. The minimum Gasteiger partial charge on any atom is -0.375 e. The highest BCUT2D eigenvalue weighted by molar-refractivity contribution is 5.85. The molecule has 1 aromatic heterocycles. The van der Waals surface area contributed by atoms with Gasteiger partial charge in [0.2, 0.25) is 5.91 Å². The fourth-order valence-corrected chi connectivity index (χ4v) is 6.13. The molecule has 1 amide bonds. The zero-order chi connectivity index (χ0) is 23.8. The smallest absolute Gasteiger partial charge is 0.231 e. The Kier molecular flexibility index (Phi) is 6.58. The third-order valence-corrected chi connectivity index (χ3v) is 8.10. The van der Waals surface area contributed by atoms with E-state index in [0.29, 0.717) is 5.92 Å². The van der Waals surface area contributed by atoms with E-state index in [0.717, 1.165) is 69.1 Å². The van der Waals surface area contributed by atoms with Crippen molar-refractivity contribution < 1.29 is 9.53 Å². The molecule has 0 bridgehead atoms. The molecular weight excluding hydrogens is 426 g/mol. The molecule has 1 aromatic carbocycles. The van der Waals surface area contributed by atoms with Crippen LogP contribution in [-0.2, 0) is 9.53 Å². The molecule has 182 valence electrons. The Labute approximate surface area is 203 Å². The summed E-state index contributed by atoms with van der Waals surface area (Å²) in [4.78, 5) is 29.9. The van der Waals surface area contributed by atoms with Crippen LogP contribution in [0.5, 0.6) is 0 Å². The van der Waals surface area contributed by atoms with E-state index < -0.39 is 0 Å². The van der Waals surface area contributed by atoms with Crippen LogP contribution in [0.4, 0.5) is 5.82 Å². The lowest BCUT2D eigenvalue weighted by atomic mass is 9.88. The van der Waals surface area contributed by atoms with Gasteiger partial charge in [-0.05, 0) is 51.3 Å². The standard InChI is InChI=1S/C27H37N5O2/c1-18-7-9-20(10-8-18)24(21-6-5-11-30(21)3)27(33)32-14-12-31(13-15-32)26-23-19(2)16-22(34-4)25(23)28-17-29-26/h7-10,17,19,21-22,24H,5-6,11-16H2,1-4H3/t19-,21+,22-,24+/m1/s1. The van der Waals surface area contributed by atoms with Crippen LogP contribution in [0.1, 0.15) is 66.5 Å². The number of aromatic nitrogens is 2. The van der Waals surface area contributed by atoms with Crippen molar-refractivity contribution in [3.8, 4) is 0 Å². The summed E-state index contributed by atoms with van der Waals surface area (Å²) >= 11 is 0. The number of anilines is 1. The van der Waals surface area contributed by atoms with Crippen molar-refractivity contribution in [1.82, 2.24) is 19.8 Å². The molecule has 3 heterocycles. The number of nitrogens with zero attached hydrogens (tertiary/aromatic N) is 5. The summed E-state index contributed by atoms with van der Waals surface area (Å²) in [6, 6.07) is 8.83. The third kappa shape index (κ3) is 4.20. The van der Waals surface area contributed by atoms with E-state index in [1.807, 2.05) is 0 Å². The van der Waals surface area contributed by atoms with Crippen LogP contribution in [0.25, 0.3) is 0 Å². The van der Waals surface area contributed by atoms with Gasteiger partial charge < -0.3 is 19.4 Å². The minimum absolute atomic E-state index is 0.0493. The molecule has 0 saturated carbocycles. The zero-order valence-electron chi connectivity index (χ0n) is 20.9. The molecule has 34 heavy (non-hydrogen) atoms. The lowest BCUT2D eigenvalue weighted by Crippen LogP contribution is -2.52. The summed E-state index contributed by atoms with van der Waals surface area (Å²) in [5.41, 5.74) is 4.62. The SMILES string of the molecule is CO[C@@H]1C[C@@H](C)c2c1ncnc2N1CCN(C(=O)[C@@H](c2ccc(C)cc2)[C@@H]2CCCN2C)CC1. The number of carbonyl (C=O) groups excluding carboxylic acids is 1. The maximum Gasteiger partial charge on any atom is 0.231 e. The van der Waals surface area contributed by atoms with Gasteiger partial charge in [-0.1, -0.05) is 36.8 Å². The lowest BCUT2D eigenvalue weighted by Gasteiger charge is -2.39. The second-order valence-corrected chi connectivity index (χ2v) is 10.2. The first kappa shape index (κ1) is 23.2. The third-order valence-electron chi connectivity index (χ3n) is 8.10. The second-order valence-electron chi connectivity index (χ2n) is 10.2. The Morgan fingerprint density at radius 3 is 2.47 bits per heavy atom. The Hall–Kier alpha value is -2.51. The van der Waals surface area contributed by atoms with Crippen molar-refractivity contribution >= 4 is 11.7 Å². The molecule has 3 aliphatic rings. The van der Waals surface area contributed by atoms with E-state index in [1.165, 1.54) is 11.1 Å². The highest BCUT2D eigenvalue weighted by atomic mass is 16.5. The second kappa shape index (κ2) is 9.62. The van der Waals surface area contributed by atoms with Crippen molar-refractivity contribution in [2.75, 3.05) is 51.8 Å². The van der Waals surface area contributed by atoms with Crippen LogP contribution in [0.2, 0.25) is 0 Å². The van der Waals surface area contributed by atoms with Gasteiger partial charge in [0.25, 0.3) is 0 Å². The molecule has 2 aromatic rings. The van der Waals surface area contributed by atoms with Crippen molar-refractivity contribution in [2.45, 2.75) is 57.1 Å². The fraction of sp³-hybridized carbons (Fsp3) is 0.593. The molecule has 5 rings (SSSR count). The van der Waals surface area contributed by atoms with Crippen molar-refractivity contribution in [1.29, 1.82) is 0 Å². The average molecular weight is 464 g/mol. The number of hydrogen-bond acceptors (Lipinski definition) is 6. The first-order valence-electron chi connectivity index (χ1n) is 12.7. The number of rotatable bonds is 5. The number of piperazine rings is 1. The van der Waals surface area contributed by atoms with Crippen LogP contribution in [-0.4, -0.2) is 78.6 Å². The summed E-state index contributed by atoms with van der Waals surface area (Å²) in [5, 5.41) is 0. The number of likely N-dealkylation sites (tertiary alicyclic amines) is 1. The monoisotopic (exact) mass is 463 g/mol. The van der Waals surface area contributed by atoms with Gasteiger partial charge in [0.05, 0.1) is 11.6 Å². The molecule has 0 radical (unpaired) electrons. The summed E-state index contributed by atoms with van der Waals surface area (Å²) in [5.74, 6) is 1.56. The van der Waals surface area contributed by atoms with Gasteiger partial charge in [0.1, 0.15) is 18.2 Å². The number of fused-ring (bicyclic) bond motifs is 1. The van der Waals surface area contributed by atoms with Gasteiger partial charge in [0.15, 0.2) is 0 Å². The highest BCUT2D eigenvalue weighted by Crippen LogP contribution is 2.44. The normalized spacial score (nSPS) is 26.1. The largest absolute Gasteiger partial charge is 0.375 e. The zero-order valence-corrected chi connectivity index (χ0v) is 20.9. The Bertz CT molecular complexity index is 1020. The van der Waals surface area contributed by atoms with Gasteiger partial charge in [-0.15, -0.1) is 0 Å². The molecular formula is C27H37N5O2. The number of aryl methyl sites for hydroxylation is 1. The van der Waals surface area contributed by atoms with Crippen molar-refractivity contribution in [3.63, 3.8) is 0 Å². The molecule has 1 aliphatic carbocycles. The van der Waals surface area contributed by atoms with Crippen molar-refractivity contribution in [2.24, 2.45) is 0 Å². The summed E-state index contributed by atoms with van der Waals surface area (Å²) in [6.07, 6.45) is 4.90. The van der Waals surface area contributed by atoms with E-state index in [4.69, 9.17) is 4.74 Å². The Morgan fingerprint density at radius 2 is 1.82 bits per heavy atom. The number of carbonyl (C=O) groups is 1. The number of ether oxygens (including phenoxy) is 1. The first-order valence-corrected chi connectivity index (χ1v) is 12.7. The predicted octanol–water partition coefficient (Wildman–Crippen LogP) is 3.51. The molecule has 2 saturated heterocycles. The van der Waals surface area contributed by atoms with E-state index in [-0.39, 0.29) is 24.0 Å². The van der Waals surface area contributed by atoms with Gasteiger partial charge in [-0.3, -0.25) is 4.79 Å². The average Bonchev–Trinajstić information content (AvgIpc) is 3.43. The summed E-state index contributed by atoms with van der Waals surface area (Å²) < 4.78 is 5.67. The van der Waals surface area contributed by atoms with Crippen LogP contribution in [0.15, 0.2) is 30.6 Å². The van der Waals surface area contributed by atoms with Gasteiger partial charge >= 0.3 is 0 Å². The maximum absolute atomic E-state index is 13.9. The van der Waals surface area contributed by atoms with Crippen LogP contribution in [0.3, 0.4) is 0 Å². The minimum atomic E-state index is -0.106.